The van der Waals surface area contributed by atoms with Crippen molar-refractivity contribution in [2.24, 2.45) is 0 Å². The molecular formula is C11H14FNO3S. The number of aryl methyl sites for hydroxylation is 1. The van der Waals surface area contributed by atoms with Gasteiger partial charge in [-0.3, -0.25) is 0 Å². The highest BCUT2D eigenvalue weighted by atomic mass is 32.3. The van der Waals surface area contributed by atoms with Gasteiger partial charge in [-0.05, 0) is 36.1 Å². The van der Waals surface area contributed by atoms with Gasteiger partial charge in [0.1, 0.15) is 5.75 Å². The summed E-state index contributed by atoms with van der Waals surface area (Å²) in [4.78, 5) is 0. The molecule has 0 atom stereocenters. The van der Waals surface area contributed by atoms with Crippen molar-refractivity contribution < 1.29 is 17.0 Å². The second kappa shape index (κ2) is 4.27. The lowest BCUT2D eigenvalue weighted by Gasteiger charge is -2.25. The topological polar surface area (TPSA) is 46.6 Å². The lowest BCUT2D eigenvalue weighted by atomic mass is 9.98. The zero-order chi connectivity index (χ0) is 12.6. The molecule has 1 aromatic carbocycles. The highest BCUT2D eigenvalue weighted by Gasteiger charge is 2.26. The minimum Gasteiger partial charge on any atom is -0.496 e. The Hall–Kier alpha value is -1.14. The van der Waals surface area contributed by atoms with Gasteiger partial charge in [0.15, 0.2) is 0 Å². The Bertz CT molecular complexity index is 542. The predicted octanol–water partition coefficient (Wildman–Crippen LogP) is 1.58. The van der Waals surface area contributed by atoms with Crippen molar-refractivity contribution in [2.75, 3.05) is 13.7 Å². The number of rotatable bonds is 2. The summed E-state index contributed by atoms with van der Waals surface area (Å²) in [5, 5.41) is 0. The van der Waals surface area contributed by atoms with Gasteiger partial charge in [0.05, 0.1) is 7.11 Å². The number of fused-ring (bicyclic) bond motifs is 1. The minimum atomic E-state index is -4.60. The first-order valence-electron chi connectivity index (χ1n) is 5.28. The predicted molar refractivity (Wildman–Crippen MR) is 61.9 cm³/mol. The molecule has 1 aliphatic heterocycles. The second-order valence-corrected chi connectivity index (χ2v) is 5.46. The van der Waals surface area contributed by atoms with Crippen molar-refractivity contribution in [1.82, 2.24) is 4.31 Å². The quantitative estimate of drug-likeness (QED) is 0.757. The molecule has 0 amide bonds. The fourth-order valence-electron chi connectivity index (χ4n) is 2.09. The molecule has 2 rings (SSSR count). The van der Waals surface area contributed by atoms with Crippen LogP contribution in [0.5, 0.6) is 5.75 Å². The van der Waals surface area contributed by atoms with Gasteiger partial charge in [-0.25, -0.2) is 0 Å². The van der Waals surface area contributed by atoms with Crippen molar-refractivity contribution in [2.45, 2.75) is 19.9 Å². The van der Waals surface area contributed by atoms with Crippen molar-refractivity contribution in [1.29, 1.82) is 0 Å². The third-order valence-corrected chi connectivity index (χ3v) is 3.93. The molecular weight excluding hydrogens is 245 g/mol. The van der Waals surface area contributed by atoms with E-state index in [4.69, 9.17) is 4.74 Å². The molecule has 94 valence electrons. The fraction of sp³-hybridized carbons (Fsp3) is 0.455. The molecule has 0 spiro atoms. The van der Waals surface area contributed by atoms with Crippen LogP contribution >= 0.6 is 0 Å². The Kier molecular flexibility index (Phi) is 3.09. The molecule has 0 saturated carbocycles. The number of benzene rings is 1. The van der Waals surface area contributed by atoms with Gasteiger partial charge in [0, 0.05) is 13.1 Å². The summed E-state index contributed by atoms with van der Waals surface area (Å²) in [6, 6.07) is 3.75. The lowest BCUT2D eigenvalue weighted by molar-refractivity contribution is 0.364. The maximum Gasteiger partial charge on any atom is 0.375 e. The number of halogens is 1. The van der Waals surface area contributed by atoms with Crippen LogP contribution in [0.2, 0.25) is 0 Å². The summed E-state index contributed by atoms with van der Waals surface area (Å²) in [6.07, 6.45) is 0.509. The summed E-state index contributed by atoms with van der Waals surface area (Å²) in [5.41, 5.74) is 2.78. The average Bonchev–Trinajstić information content (AvgIpc) is 2.26. The Morgan fingerprint density at radius 3 is 2.65 bits per heavy atom. The number of hydrogen-bond donors (Lipinski definition) is 0. The van der Waals surface area contributed by atoms with Crippen LogP contribution in [0.1, 0.15) is 16.7 Å². The zero-order valence-electron chi connectivity index (χ0n) is 9.73. The molecule has 6 heteroatoms. The molecule has 0 unspecified atom stereocenters. The van der Waals surface area contributed by atoms with Crippen LogP contribution in [0.15, 0.2) is 12.1 Å². The molecule has 17 heavy (non-hydrogen) atoms. The Balaban J connectivity index is 2.37. The van der Waals surface area contributed by atoms with Crippen LogP contribution in [-0.4, -0.2) is 26.4 Å². The van der Waals surface area contributed by atoms with Crippen LogP contribution < -0.4 is 4.74 Å². The summed E-state index contributed by atoms with van der Waals surface area (Å²) in [7, 11) is -3.00. The number of nitrogens with zero attached hydrogens (tertiary/aromatic N) is 1. The van der Waals surface area contributed by atoms with Crippen molar-refractivity contribution in [3.05, 3.63) is 28.8 Å². The molecule has 0 fully saturated rings. The van der Waals surface area contributed by atoms with Gasteiger partial charge in [0.2, 0.25) is 0 Å². The normalized spacial score (nSPS) is 16.6. The highest BCUT2D eigenvalue weighted by Crippen LogP contribution is 2.28. The van der Waals surface area contributed by atoms with Gasteiger partial charge in [-0.15, -0.1) is 0 Å². The third kappa shape index (κ3) is 2.42. The molecule has 0 aromatic heterocycles. The van der Waals surface area contributed by atoms with E-state index in [-0.39, 0.29) is 13.1 Å². The molecule has 0 aliphatic carbocycles. The van der Waals surface area contributed by atoms with Crippen LogP contribution in [0.25, 0.3) is 0 Å². The van der Waals surface area contributed by atoms with Crippen molar-refractivity contribution in [3.8, 4) is 5.75 Å². The highest BCUT2D eigenvalue weighted by molar-refractivity contribution is 7.83. The molecule has 0 saturated heterocycles. The van der Waals surface area contributed by atoms with Gasteiger partial charge >= 0.3 is 10.4 Å². The summed E-state index contributed by atoms with van der Waals surface area (Å²) < 4.78 is 40.6. The fourth-order valence-corrected chi connectivity index (χ4v) is 2.69. The Labute approximate surface area is 100 Å². The molecule has 1 heterocycles. The minimum absolute atomic E-state index is 0.0962. The van der Waals surface area contributed by atoms with Crippen molar-refractivity contribution in [3.63, 3.8) is 0 Å². The zero-order valence-corrected chi connectivity index (χ0v) is 10.6. The first-order chi connectivity index (χ1) is 7.91. The van der Waals surface area contributed by atoms with Gasteiger partial charge in [-0.2, -0.15) is 12.7 Å². The smallest absolute Gasteiger partial charge is 0.375 e. The van der Waals surface area contributed by atoms with E-state index in [2.05, 4.69) is 0 Å². The van der Waals surface area contributed by atoms with E-state index in [1.54, 1.807) is 7.11 Å². The monoisotopic (exact) mass is 259 g/mol. The maximum absolute atomic E-state index is 12.9. The molecule has 0 radical (unpaired) electrons. The maximum atomic E-state index is 12.9. The Morgan fingerprint density at radius 1 is 1.35 bits per heavy atom. The molecule has 1 aromatic rings. The van der Waals surface area contributed by atoms with E-state index in [9.17, 15) is 12.3 Å². The molecule has 4 nitrogen and oxygen atoms in total. The average molecular weight is 259 g/mol. The Morgan fingerprint density at radius 2 is 2.06 bits per heavy atom. The number of hydrogen-bond acceptors (Lipinski definition) is 3. The lowest BCUT2D eigenvalue weighted by Crippen LogP contribution is -2.33. The van der Waals surface area contributed by atoms with E-state index in [0.717, 1.165) is 26.7 Å². The largest absolute Gasteiger partial charge is 0.496 e. The van der Waals surface area contributed by atoms with Crippen LogP contribution in [0, 0.1) is 6.92 Å². The summed E-state index contributed by atoms with van der Waals surface area (Å²) in [6.45, 7) is 2.15. The van der Waals surface area contributed by atoms with Gasteiger partial charge in [-0.1, -0.05) is 9.95 Å². The molecule has 0 bridgehead atoms. The first-order valence-corrected chi connectivity index (χ1v) is 6.62. The van der Waals surface area contributed by atoms with E-state index < -0.39 is 10.4 Å². The standard InChI is InChI=1S/C11H14FNO3S/c1-8-5-10-7-13(17(12,14)15)4-3-9(10)6-11(8)16-2/h5-6H,3-4,7H2,1-2H3. The number of ether oxygens (including phenoxy) is 1. The van der Waals surface area contributed by atoms with Gasteiger partial charge in [0.25, 0.3) is 0 Å². The second-order valence-electron chi connectivity index (χ2n) is 4.12. The third-order valence-electron chi connectivity index (χ3n) is 3.00. The molecule has 1 aliphatic rings. The van der Waals surface area contributed by atoms with Crippen LogP contribution in [-0.2, 0) is 23.4 Å². The van der Waals surface area contributed by atoms with Crippen LogP contribution in [0.4, 0.5) is 3.89 Å². The number of methoxy groups -OCH3 is 1. The molecule has 0 N–H and O–H groups in total. The van der Waals surface area contributed by atoms with Crippen LogP contribution in [0.3, 0.4) is 0 Å². The SMILES string of the molecule is COc1cc2c(cc1C)CN(S(=O)(=O)F)CC2. The summed E-state index contributed by atoms with van der Waals surface area (Å²) >= 11 is 0. The van der Waals surface area contributed by atoms with E-state index >= 15 is 0 Å². The van der Waals surface area contributed by atoms with E-state index in [1.165, 1.54) is 0 Å². The van der Waals surface area contributed by atoms with Gasteiger partial charge < -0.3 is 4.74 Å². The van der Waals surface area contributed by atoms with E-state index in [1.807, 2.05) is 19.1 Å². The van der Waals surface area contributed by atoms with E-state index in [0.29, 0.717) is 6.42 Å². The van der Waals surface area contributed by atoms with Crippen molar-refractivity contribution >= 4 is 10.4 Å². The first kappa shape index (κ1) is 12.3. The summed E-state index contributed by atoms with van der Waals surface area (Å²) in [5.74, 6) is 0.778.